The van der Waals surface area contributed by atoms with Crippen molar-refractivity contribution < 1.29 is 23.9 Å². The third-order valence-electron chi connectivity index (χ3n) is 3.58. The van der Waals surface area contributed by atoms with Gasteiger partial charge >= 0.3 is 18.0 Å². The van der Waals surface area contributed by atoms with Crippen molar-refractivity contribution in [3.63, 3.8) is 0 Å². The lowest BCUT2D eigenvalue weighted by molar-refractivity contribution is 0.0587. The molecule has 2 amide bonds. The van der Waals surface area contributed by atoms with Gasteiger partial charge in [-0.15, -0.1) is 0 Å². The predicted molar refractivity (Wildman–Crippen MR) is 93.8 cm³/mol. The summed E-state index contributed by atoms with van der Waals surface area (Å²) in [6, 6.07) is 7.35. The fraction of sp³-hybridized carbons (Fsp3) is 0.222. The minimum Gasteiger partial charge on any atom is -0.465 e. The van der Waals surface area contributed by atoms with Gasteiger partial charge in [-0.25, -0.2) is 14.4 Å². The topological polar surface area (TPSA) is 97.8 Å². The highest BCUT2D eigenvalue weighted by Crippen LogP contribution is 2.20. The van der Waals surface area contributed by atoms with Crippen LogP contribution in [0.1, 0.15) is 26.3 Å². The number of urea groups is 1. The van der Waals surface area contributed by atoms with Crippen LogP contribution in [0.4, 0.5) is 10.5 Å². The fourth-order valence-electron chi connectivity index (χ4n) is 2.23. The second kappa shape index (κ2) is 8.61. The highest BCUT2D eigenvalue weighted by molar-refractivity contribution is 6.03. The van der Waals surface area contributed by atoms with Crippen molar-refractivity contribution in [2.24, 2.45) is 0 Å². The van der Waals surface area contributed by atoms with E-state index >= 15 is 0 Å². The molecule has 1 aromatic carbocycles. The molecule has 0 aliphatic carbocycles. The molecule has 0 saturated heterocycles. The molecule has 8 nitrogen and oxygen atoms in total. The van der Waals surface area contributed by atoms with E-state index in [0.717, 1.165) is 5.56 Å². The van der Waals surface area contributed by atoms with E-state index in [1.165, 1.54) is 37.3 Å². The summed E-state index contributed by atoms with van der Waals surface area (Å²) < 4.78 is 9.38. The van der Waals surface area contributed by atoms with Gasteiger partial charge in [0.1, 0.15) is 0 Å². The van der Waals surface area contributed by atoms with Crippen molar-refractivity contribution in [2.75, 3.05) is 26.6 Å². The Hall–Kier alpha value is -3.42. The number of nitrogens with one attached hydrogen (secondary N) is 1. The summed E-state index contributed by atoms with van der Waals surface area (Å²) in [6.07, 6.45) is 3.30. The van der Waals surface area contributed by atoms with Crippen molar-refractivity contribution in [1.29, 1.82) is 0 Å². The molecule has 0 aliphatic heterocycles. The fourth-order valence-corrected chi connectivity index (χ4v) is 2.23. The zero-order valence-electron chi connectivity index (χ0n) is 14.7. The smallest absolute Gasteiger partial charge is 0.339 e. The Labute approximate surface area is 150 Å². The number of esters is 2. The highest BCUT2D eigenvalue weighted by Gasteiger charge is 2.19. The largest absolute Gasteiger partial charge is 0.465 e. The van der Waals surface area contributed by atoms with E-state index in [2.05, 4.69) is 15.0 Å². The molecule has 0 saturated carbocycles. The predicted octanol–water partition coefficient (Wildman–Crippen LogP) is 2.32. The Balaban J connectivity index is 2.23. The van der Waals surface area contributed by atoms with E-state index in [-0.39, 0.29) is 16.8 Å². The molecule has 136 valence electrons. The number of carbonyl (C=O) groups is 3. The lowest BCUT2D eigenvalue weighted by Gasteiger charge is -2.19. The molecule has 1 N–H and O–H groups in total. The van der Waals surface area contributed by atoms with E-state index in [1.807, 2.05) is 6.07 Å². The third kappa shape index (κ3) is 4.56. The first-order valence-corrected chi connectivity index (χ1v) is 7.68. The van der Waals surface area contributed by atoms with Gasteiger partial charge in [-0.1, -0.05) is 6.07 Å². The van der Waals surface area contributed by atoms with Gasteiger partial charge in [0, 0.05) is 26.0 Å². The van der Waals surface area contributed by atoms with Crippen molar-refractivity contribution >= 4 is 23.7 Å². The number of hydrogen-bond donors (Lipinski definition) is 1. The van der Waals surface area contributed by atoms with Gasteiger partial charge in [-0.3, -0.25) is 4.98 Å². The monoisotopic (exact) mass is 357 g/mol. The molecule has 2 rings (SSSR count). The van der Waals surface area contributed by atoms with E-state index in [9.17, 15) is 14.4 Å². The lowest BCUT2D eigenvalue weighted by Crippen LogP contribution is -2.31. The average molecular weight is 357 g/mol. The van der Waals surface area contributed by atoms with E-state index in [0.29, 0.717) is 6.54 Å². The van der Waals surface area contributed by atoms with Crippen molar-refractivity contribution in [1.82, 2.24) is 9.88 Å². The number of anilines is 1. The first-order valence-electron chi connectivity index (χ1n) is 7.68. The van der Waals surface area contributed by atoms with Crippen LogP contribution in [0, 0.1) is 0 Å². The number of benzene rings is 1. The molecule has 0 bridgehead atoms. The summed E-state index contributed by atoms with van der Waals surface area (Å²) in [5.41, 5.74) is 1.33. The Bertz CT molecular complexity index is 808. The summed E-state index contributed by atoms with van der Waals surface area (Å²) >= 11 is 0. The molecular formula is C18H19N3O5. The molecule has 0 spiro atoms. The van der Waals surface area contributed by atoms with Crippen LogP contribution >= 0.6 is 0 Å². The van der Waals surface area contributed by atoms with Gasteiger partial charge in [0.15, 0.2) is 0 Å². The molecule has 2 aromatic rings. The molecule has 1 aromatic heterocycles. The molecule has 0 aliphatic rings. The van der Waals surface area contributed by atoms with Gasteiger partial charge in [0.25, 0.3) is 0 Å². The van der Waals surface area contributed by atoms with Gasteiger partial charge in [0.05, 0.1) is 31.0 Å². The van der Waals surface area contributed by atoms with Crippen molar-refractivity contribution in [2.45, 2.75) is 6.54 Å². The molecule has 26 heavy (non-hydrogen) atoms. The highest BCUT2D eigenvalue weighted by atomic mass is 16.5. The van der Waals surface area contributed by atoms with Gasteiger partial charge < -0.3 is 19.7 Å². The number of methoxy groups -OCH3 is 2. The van der Waals surface area contributed by atoms with E-state index < -0.39 is 18.0 Å². The van der Waals surface area contributed by atoms with Crippen LogP contribution in [0.3, 0.4) is 0 Å². The zero-order valence-corrected chi connectivity index (χ0v) is 14.7. The van der Waals surface area contributed by atoms with Crippen molar-refractivity contribution in [3.05, 3.63) is 59.4 Å². The number of ether oxygens (including phenoxy) is 2. The number of nitrogens with zero attached hydrogens (tertiary/aromatic N) is 2. The molecule has 0 fully saturated rings. The lowest BCUT2D eigenvalue weighted by atomic mass is 10.1. The quantitative estimate of drug-likeness (QED) is 0.825. The zero-order chi connectivity index (χ0) is 19.1. The minimum absolute atomic E-state index is 0.128. The Morgan fingerprint density at radius 1 is 1.12 bits per heavy atom. The summed E-state index contributed by atoms with van der Waals surface area (Å²) in [5.74, 6) is -1.22. The van der Waals surface area contributed by atoms with Crippen LogP contribution in [-0.4, -0.2) is 49.1 Å². The van der Waals surface area contributed by atoms with Crippen molar-refractivity contribution in [3.8, 4) is 0 Å². The SMILES string of the molecule is COC(=O)c1ccc(C(=O)OC)c(NC(=O)N(C)Cc2cccnc2)c1. The van der Waals surface area contributed by atoms with Gasteiger partial charge in [0.2, 0.25) is 0 Å². The van der Waals surface area contributed by atoms with Crippen LogP contribution in [0.2, 0.25) is 0 Å². The number of aromatic nitrogens is 1. The summed E-state index contributed by atoms with van der Waals surface area (Å²) in [5, 5.41) is 2.62. The first kappa shape index (κ1) is 18.9. The standard InChI is InChI=1S/C18H19N3O5/c1-21(11-12-5-4-8-19-10-12)18(24)20-15-9-13(16(22)25-2)6-7-14(15)17(23)26-3/h4-10H,11H2,1-3H3,(H,20,24). The Morgan fingerprint density at radius 2 is 1.85 bits per heavy atom. The van der Waals surface area contributed by atoms with Crippen LogP contribution in [-0.2, 0) is 16.0 Å². The Morgan fingerprint density at radius 3 is 2.46 bits per heavy atom. The van der Waals surface area contributed by atoms with Crippen LogP contribution < -0.4 is 5.32 Å². The Kier molecular flexibility index (Phi) is 6.26. The second-order valence-electron chi connectivity index (χ2n) is 5.39. The maximum absolute atomic E-state index is 12.5. The summed E-state index contributed by atoms with van der Waals surface area (Å²) in [4.78, 5) is 41.5. The molecule has 0 unspecified atom stereocenters. The molecule has 8 heteroatoms. The number of hydrogen-bond acceptors (Lipinski definition) is 6. The van der Waals surface area contributed by atoms with Gasteiger partial charge in [-0.05, 0) is 29.8 Å². The normalized spacial score (nSPS) is 9.96. The number of pyridine rings is 1. The molecule has 0 atom stereocenters. The summed E-state index contributed by atoms with van der Waals surface area (Å²) in [6.45, 7) is 0.323. The number of amides is 2. The van der Waals surface area contributed by atoms with E-state index in [4.69, 9.17) is 4.74 Å². The minimum atomic E-state index is -0.633. The number of carbonyl (C=O) groups excluding carboxylic acids is 3. The molecule has 0 radical (unpaired) electrons. The molecule has 1 heterocycles. The van der Waals surface area contributed by atoms with Crippen LogP contribution in [0.25, 0.3) is 0 Å². The number of rotatable bonds is 5. The maximum atomic E-state index is 12.5. The molecular weight excluding hydrogens is 338 g/mol. The second-order valence-corrected chi connectivity index (χ2v) is 5.39. The first-order chi connectivity index (χ1) is 12.5. The van der Waals surface area contributed by atoms with Crippen LogP contribution in [0.5, 0.6) is 0 Å². The van der Waals surface area contributed by atoms with E-state index in [1.54, 1.807) is 25.5 Å². The maximum Gasteiger partial charge on any atom is 0.339 e. The van der Waals surface area contributed by atoms with Crippen LogP contribution in [0.15, 0.2) is 42.7 Å². The summed E-state index contributed by atoms with van der Waals surface area (Å²) in [7, 11) is 4.08. The van der Waals surface area contributed by atoms with Gasteiger partial charge in [-0.2, -0.15) is 0 Å². The third-order valence-corrected chi connectivity index (χ3v) is 3.58. The average Bonchev–Trinajstić information content (AvgIpc) is 2.67.